The topological polar surface area (TPSA) is 110 Å². The second kappa shape index (κ2) is 4.13. The number of hydrogen-bond acceptors (Lipinski definition) is 5. The van der Waals surface area contributed by atoms with Gasteiger partial charge >= 0.3 is 0 Å². The number of ether oxygens (including phenoxy) is 1. The van der Waals surface area contributed by atoms with Crippen LogP contribution < -0.4 is 16.0 Å². The molecule has 0 bridgehead atoms. The summed E-state index contributed by atoms with van der Waals surface area (Å²) in [6, 6.07) is 7.31. The van der Waals surface area contributed by atoms with Crippen molar-refractivity contribution in [2.75, 3.05) is 12.8 Å². The molecular weight excluding hydrogens is 246 g/mol. The summed E-state index contributed by atoms with van der Waals surface area (Å²) >= 11 is 0. The second-order valence-corrected chi connectivity index (χ2v) is 3.96. The maximum Gasteiger partial charge on any atom is 0.278 e. The lowest BCUT2D eigenvalue weighted by molar-refractivity contribution is 0.415. The van der Waals surface area contributed by atoms with Gasteiger partial charge in [0, 0.05) is 5.56 Å². The van der Waals surface area contributed by atoms with Crippen molar-refractivity contribution in [3.63, 3.8) is 0 Å². The lowest BCUT2D eigenvalue weighted by atomic mass is 10.2. The number of nitrogens with one attached hydrogen (secondary N) is 2. The molecule has 7 heteroatoms. The molecule has 4 N–H and O–H groups in total. The number of nitrogen functional groups attached to an aromatic ring is 1. The van der Waals surface area contributed by atoms with Crippen molar-refractivity contribution >= 4 is 17.1 Å². The Hall–Kier alpha value is -2.83. The normalized spacial score (nSPS) is 10.8. The summed E-state index contributed by atoms with van der Waals surface area (Å²) in [5.41, 5.74) is 6.57. The Bertz CT molecular complexity index is 788. The van der Waals surface area contributed by atoms with Gasteiger partial charge in [-0.15, -0.1) is 0 Å². The zero-order valence-corrected chi connectivity index (χ0v) is 10.1. The first-order valence-electron chi connectivity index (χ1n) is 5.57. The van der Waals surface area contributed by atoms with E-state index in [1.54, 1.807) is 7.11 Å². The molecule has 7 nitrogen and oxygen atoms in total. The summed E-state index contributed by atoms with van der Waals surface area (Å²) in [6.07, 6.45) is 0. The molecule has 0 atom stereocenters. The number of methoxy groups -OCH3 is 1. The third kappa shape index (κ3) is 1.90. The van der Waals surface area contributed by atoms with Crippen LogP contribution >= 0.6 is 0 Å². The second-order valence-electron chi connectivity index (χ2n) is 3.96. The first kappa shape index (κ1) is 11.3. The molecule has 3 rings (SSSR count). The molecule has 1 aromatic carbocycles. The molecule has 0 unspecified atom stereocenters. The molecule has 0 aliphatic rings. The standard InChI is InChI=1S/C12H11N5O2/c1-19-7-4-2-6(3-5-7)9-14-8-10(15-9)16-12(13)17-11(8)18/h2-5H,1H3,(H4,13,14,15,16,17,18). The zero-order valence-electron chi connectivity index (χ0n) is 10.1. The van der Waals surface area contributed by atoms with E-state index in [-0.39, 0.29) is 11.5 Å². The number of benzene rings is 1. The van der Waals surface area contributed by atoms with Crippen LogP contribution in [0.25, 0.3) is 22.6 Å². The highest BCUT2D eigenvalue weighted by atomic mass is 16.5. The fourth-order valence-corrected chi connectivity index (χ4v) is 1.81. The van der Waals surface area contributed by atoms with Crippen molar-refractivity contribution in [2.45, 2.75) is 0 Å². The molecule has 0 spiro atoms. The minimum atomic E-state index is -0.338. The smallest absolute Gasteiger partial charge is 0.278 e. The Labute approximate surface area is 107 Å². The molecule has 0 aliphatic carbocycles. The number of imidazole rings is 1. The van der Waals surface area contributed by atoms with Crippen molar-refractivity contribution in [3.05, 3.63) is 34.6 Å². The average molecular weight is 257 g/mol. The lowest BCUT2D eigenvalue weighted by Crippen LogP contribution is -2.10. The van der Waals surface area contributed by atoms with E-state index in [1.807, 2.05) is 24.3 Å². The summed E-state index contributed by atoms with van der Waals surface area (Å²) < 4.78 is 5.08. The Morgan fingerprint density at radius 2 is 1.89 bits per heavy atom. The average Bonchev–Trinajstić information content (AvgIpc) is 2.83. The minimum absolute atomic E-state index is 0.0466. The summed E-state index contributed by atoms with van der Waals surface area (Å²) in [6.45, 7) is 0. The van der Waals surface area contributed by atoms with Gasteiger partial charge < -0.3 is 15.5 Å². The molecule has 3 aromatic rings. The Balaban J connectivity index is 2.14. The van der Waals surface area contributed by atoms with Crippen LogP contribution in [0.15, 0.2) is 29.1 Å². The number of rotatable bonds is 2. The lowest BCUT2D eigenvalue weighted by Gasteiger charge is -1.99. The third-order valence-electron chi connectivity index (χ3n) is 2.74. The summed E-state index contributed by atoms with van der Waals surface area (Å²) in [7, 11) is 1.60. The summed E-state index contributed by atoms with van der Waals surface area (Å²) in [5, 5.41) is 0. The molecule has 2 aromatic heterocycles. The maximum atomic E-state index is 11.7. The van der Waals surface area contributed by atoms with Crippen molar-refractivity contribution in [3.8, 4) is 17.1 Å². The van der Waals surface area contributed by atoms with Gasteiger partial charge in [0.2, 0.25) is 5.95 Å². The highest BCUT2D eigenvalue weighted by Crippen LogP contribution is 2.21. The summed E-state index contributed by atoms with van der Waals surface area (Å²) in [5.74, 6) is 1.35. The van der Waals surface area contributed by atoms with E-state index in [1.165, 1.54) is 0 Å². The minimum Gasteiger partial charge on any atom is -0.497 e. The number of aromatic nitrogens is 4. The molecule has 0 radical (unpaired) electrons. The molecule has 0 saturated carbocycles. The number of anilines is 1. The number of aromatic amines is 2. The number of nitrogens with two attached hydrogens (primary N) is 1. The van der Waals surface area contributed by atoms with Crippen LogP contribution in [-0.4, -0.2) is 27.0 Å². The molecule has 2 heterocycles. The van der Waals surface area contributed by atoms with Gasteiger partial charge in [-0.25, -0.2) is 4.98 Å². The largest absolute Gasteiger partial charge is 0.497 e. The van der Waals surface area contributed by atoms with E-state index < -0.39 is 0 Å². The molecule has 19 heavy (non-hydrogen) atoms. The number of hydrogen-bond donors (Lipinski definition) is 3. The van der Waals surface area contributed by atoms with Crippen LogP contribution in [0.5, 0.6) is 5.75 Å². The van der Waals surface area contributed by atoms with E-state index in [4.69, 9.17) is 10.5 Å². The van der Waals surface area contributed by atoms with Crippen LogP contribution in [0, 0.1) is 0 Å². The van der Waals surface area contributed by atoms with Crippen molar-refractivity contribution in [2.24, 2.45) is 0 Å². The van der Waals surface area contributed by atoms with Gasteiger partial charge in [0.25, 0.3) is 5.56 Å². The van der Waals surface area contributed by atoms with Gasteiger partial charge in [-0.3, -0.25) is 9.78 Å². The molecular formula is C12H11N5O2. The first-order valence-corrected chi connectivity index (χ1v) is 5.57. The molecule has 0 fully saturated rings. The quantitative estimate of drug-likeness (QED) is 0.632. The van der Waals surface area contributed by atoms with Gasteiger partial charge in [-0.05, 0) is 24.3 Å². The number of nitrogens with zero attached hydrogens (tertiary/aromatic N) is 2. The first-order chi connectivity index (χ1) is 9.17. The van der Waals surface area contributed by atoms with Crippen molar-refractivity contribution < 1.29 is 4.74 Å². The molecule has 0 amide bonds. The van der Waals surface area contributed by atoms with E-state index in [2.05, 4.69) is 19.9 Å². The summed E-state index contributed by atoms with van der Waals surface area (Å²) in [4.78, 5) is 25.2. The van der Waals surface area contributed by atoms with E-state index in [0.29, 0.717) is 17.0 Å². The predicted molar refractivity (Wildman–Crippen MR) is 70.9 cm³/mol. The van der Waals surface area contributed by atoms with Crippen LogP contribution in [0.4, 0.5) is 5.95 Å². The fraction of sp³-hybridized carbons (Fsp3) is 0.0833. The van der Waals surface area contributed by atoms with Gasteiger partial charge in [0.15, 0.2) is 11.2 Å². The van der Waals surface area contributed by atoms with Crippen LogP contribution in [0.1, 0.15) is 0 Å². The number of H-pyrrole nitrogens is 2. The van der Waals surface area contributed by atoms with E-state index in [0.717, 1.165) is 11.3 Å². The fourth-order valence-electron chi connectivity index (χ4n) is 1.81. The maximum absolute atomic E-state index is 11.7. The predicted octanol–water partition coefficient (Wildman–Crippen LogP) is 0.904. The highest BCUT2D eigenvalue weighted by Gasteiger charge is 2.10. The zero-order chi connectivity index (χ0) is 13.4. The van der Waals surface area contributed by atoms with Gasteiger partial charge in [0.1, 0.15) is 11.6 Å². The third-order valence-corrected chi connectivity index (χ3v) is 2.74. The van der Waals surface area contributed by atoms with Crippen LogP contribution in [0.2, 0.25) is 0 Å². The molecule has 96 valence electrons. The van der Waals surface area contributed by atoms with Gasteiger partial charge in [-0.2, -0.15) is 4.98 Å². The van der Waals surface area contributed by atoms with Crippen molar-refractivity contribution in [1.82, 2.24) is 19.9 Å². The van der Waals surface area contributed by atoms with E-state index >= 15 is 0 Å². The number of fused-ring (bicyclic) bond motifs is 1. The van der Waals surface area contributed by atoms with Crippen molar-refractivity contribution in [1.29, 1.82) is 0 Å². The monoisotopic (exact) mass is 257 g/mol. The van der Waals surface area contributed by atoms with Gasteiger partial charge in [0.05, 0.1) is 7.11 Å². The molecule has 0 saturated heterocycles. The SMILES string of the molecule is COc1ccc(-c2nc3nc(N)[nH]c(=O)c3[nH]2)cc1. The Morgan fingerprint density at radius 1 is 1.16 bits per heavy atom. The Morgan fingerprint density at radius 3 is 2.58 bits per heavy atom. The van der Waals surface area contributed by atoms with E-state index in [9.17, 15) is 4.79 Å². The van der Waals surface area contributed by atoms with Gasteiger partial charge in [-0.1, -0.05) is 0 Å². The highest BCUT2D eigenvalue weighted by molar-refractivity contribution is 5.75. The molecule has 0 aliphatic heterocycles. The Kier molecular flexibility index (Phi) is 2.45. The van der Waals surface area contributed by atoms with Crippen LogP contribution in [-0.2, 0) is 0 Å². The van der Waals surface area contributed by atoms with Crippen LogP contribution in [0.3, 0.4) is 0 Å².